The summed E-state index contributed by atoms with van der Waals surface area (Å²) >= 11 is 3.19. The minimum Gasteiger partial charge on any atom is -0.476 e. The molecule has 0 atom stereocenters. The fourth-order valence-corrected chi connectivity index (χ4v) is 2.97. The first-order valence-corrected chi connectivity index (χ1v) is 7.66. The van der Waals surface area contributed by atoms with Gasteiger partial charge in [-0.1, -0.05) is 44.2 Å². The van der Waals surface area contributed by atoms with Crippen LogP contribution >= 0.6 is 15.9 Å². The molecule has 0 bridgehead atoms. The molecule has 1 N–H and O–H groups in total. The Bertz CT molecular complexity index is 640. The van der Waals surface area contributed by atoms with Crippen molar-refractivity contribution in [2.24, 2.45) is 0 Å². The Morgan fingerprint density at radius 2 is 1.86 bits per heavy atom. The van der Waals surface area contributed by atoms with Crippen LogP contribution in [0.2, 0.25) is 0 Å². The van der Waals surface area contributed by atoms with Crippen molar-refractivity contribution in [3.63, 3.8) is 0 Å². The summed E-state index contributed by atoms with van der Waals surface area (Å²) in [5, 5.41) is 9.25. The zero-order valence-corrected chi connectivity index (χ0v) is 13.6. The van der Waals surface area contributed by atoms with Crippen LogP contribution < -0.4 is 0 Å². The van der Waals surface area contributed by atoms with Gasteiger partial charge in [-0.25, -0.2) is 14.8 Å². The number of carbonyl (C=O) groups is 1. The van der Waals surface area contributed by atoms with Crippen LogP contribution in [0.4, 0.5) is 0 Å². The molecule has 2 aromatic rings. The number of aromatic carboxylic acids is 1. The van der Waals surface area contributed by atoms with E-state index in [0.717, 1.165) is 18.4 Å². The van der Waals surface area contributed by atoms with E-state index in [4.69, 9.17) is 0 Å². The Kier molecular flexibility index (Phi) is 4.73. The molecule has 0 saturated carbocycles. The van der Waals surface area contributed by atoms with E-state index in [-0.39, 0.29) is 11.1 Å². The smallest absolute Gasteiger partial charge is 0.355 e. The van der Waals surface area contributed by atoms with Gasteiger partial charge < -0.3 is 5.11 Å². The SMILES string of the molecule is CCC(CC)(c1ccccc1)c1ncc(Br)c(C(=O)O)n1. The molecule has 0 aliphatic rings. The van der Waals surface area contributed by atoms with Crippen LogP contribution in [0.1, 0.15) is 48.6 Å². The van der Waals surface area contributed by atoms with Gasteiger partial charge in [0, 0.05) is 6.20 Å². The van der Waals surface area contributed by atoms with Gasteiger partial charge >= 0.3 is 5.97 Å². The van der Waals surface area contributed by atoms with Crippen molar-refractivity contribution in [2.75, 3.05) is 0 Å². The molecule has 2 rings (SSSR count). The van der Waals surface area contributed by atoms with Gasteiger partial charge in [0.05, 0.1) is 9.89 Å². The number of hydrogen-bond acceptors (Lipinski definition) is 3. The third kappa shape index (κ3) is 2.83. The lowest BCUT2D eigenvalue weighted by Crippen LogP contribution is -2.29. The average Bonchev–Trinajstić information content (AvgIpc) is 2.51. The van der Waals surface area contributed by atoms with Crippen molar-refractivity contribution in [3.05, 3.63) is 58.1 Å². The molecule has 0 amide bonds. The Labute approximate surface area is 132 Å². The third-order valence-corrected chi connectivity index (χ3v) is 4.49. The maximum Gasteiger partial charge on any atom is 0.355 e. The lowest BCUT2D eigenvalue weighted by Gasteiger charge is -2.31. The molecule has 0 aliphatic heterocycles. The molecule has 1 aromatic heterocycles. The fraction of sp³-hybridized carbons (Fsp3) is 0.312. The number of carboxylic acids is 1. The van der Waals surface area contributed by atoms with E-state index in [1.807, 2.05) is 30.3 Å². The van der Waals surface area contributed by atoms with Crippen molar-refractivity contribution in [3.8, 4) is 0 Å². The predicted octanol–water partition coefficient (Wildman–Crippen LogP) is 4.04. The van der Waals surface area contributed by atoms with Crippen LogP contribution in [0.15, 0.2) is 41.0 Å². The molecule has 0 spiro atoms. The van der Waals surface area contributed by atoms with Crippen molar-refractivity contribution in [2.45, 2.75) is 32.1 Å². The molecule has 0 saturated heterocycles. The van der Waals surface area contributed by atoms with Gasteiger partial charge in [-0.05, 0) is 34.3 Å². The second-order valence-corrected chi connectivity index (χ2v) is 5.70. The first-order valence-electron chi connectivity index (χ1n) is 6.87. The number of aromatic nitrogens is 2. The lowest BCUT2D eigenvalue weighted by atomic mass is 9.75. The second kappa shape index (κ2) is 6.35. The molecule has 0 fully saturated rings. The van der Waals surface area contributed by atoms with E-state index in [2.05, 4.69) is 39.7 Å². The summed E-state index contributed by atoms with van der Waals surface area (Å²) in [5.74, 6) is -0.501. The maximum atomic E-state index is 11.3. The largest absolute Gasteiger partial charge is 0.476 e. The molecule has 0 radical (unpaired) electrons. The summed E-state index contributed by atoms with van der Waals surface area (Å²) in [5.41, 5.74) is 0.738. The number of carboxylic acid groups (broad SMARTS) is 1. The summed E-state index contributed by atoms with van der Waals surface area (Å²) in [7, 11) is 0. The predicted molar refractivity (Wildman–Crippen MR) is 84.5 cm³/mol. The second-order valence-electron chi connectivity index (χ2n) is 4.85. The molecular formula is C16H17BrN2O2. The molecule has 110 valence electrons. The molecule has 4 nitrogen and oxygen atoms in total. The van der Waals surface area contributed by atoms with E-state index in [1.165, 1.54) is 6.20 Å². The summed E-state index contributed by atoms with van der Waals surface area (Å²) < 4.78 is 0.396. The van der Waals surface area contributed by atoms with Gasteiger partial charge in [0.15, 0.2) is 5.69 Å². The molecule has 0 aliphatic carbocycles. The van der Waals surface area contributed by atoms with Crippen LogP contribution in [0, 0.1) is 0 Å². The van der Waals surface area contributed by atoms with Crippen molar-refractivity contribution < 1.29 is 9.90 Å². The van der Waals surface area contributed by atoms with E-state index < -0.39 is 5.97 Å². The highest BCUT2D eigenvalue weighted by Gasteiger charge is 2.34. The number of halogens is 1. The van der Waals surface area contributed by atoms with Crippen molar-refractivity contribution in [1.29, 1.82) is 0 Å². The quantitative estimate of drug-likeness (QED) is 0.885. The number of nitrogens with zero attached hydrogens (tertiary/aromatic N) is 2. The van der Waals surface area contributed by atoms with Gasteiger partial charge in [0.1, 0.15) is 5.82 Å². The average molecular weight is 349 g/mol. The molecule has 21 heavy (non-hydrogen) atoms. The van der Waals surface area contributed by atoms with E-state index >= 15 is 0 Å². The number of rotatable bonds is 5. The maximum absolute atomic E-state index is 11.3. The van der Waals surface area contributed by atoms with E-state index in [9.17, 15) is 9.90 Å². The molecule has 1 aromatic carbocycles. The topological polar surface area (TPSA) is 63.1 Å². The van der Waals surface area contributed by atoms with Crippen LogP contribution in [-0.2, 0) is 5.41 Å². The highest BCUT2D eigenvalue weighted by molar-refractivity contribution is 9.10. The normalized spacial score (nSPS) is 11.4. The van der Waals surface area contributed by atoms with E-state index in [0.29, 0.717) is 10.3 Å². The zero-order chi connectivity index (χ0) is 15.5. The minimum absolute atomic E-state index is 0.00204. The summed E-state index contributed by atoms with van der Waals surface area (Å²) in [6, 6.07) is 10.0. The molecule has 5 heteroatoms. The minimum atomic E-state index is -1.06. The van der Waals surface area contributed by atoms with Gasteiger partial charge in [0.25, 0.3) is 0 Å². The third-order valence-electron chi connectivity index (χ3n) is 3.91. The fourth-order valence-electron chi connectivity index (χ4n) is 2.61. The summed E-state index contributed by atoms with van der Waals surface area (Å²) in [6.45, 7) is 4.14. The highest BCUT2D eigenvalue weighted by Crippen LogP contribution is 2.37. The monoisotopic (exact) mass is 348 g/mol. The van der Waals surface area contributed by atoms with Crippen molar-refractivity contribution in [1.82, 2.24) is 9.97 Å². The van der Waals surface area contributed by atoms with Crippen LogP contribution in [0.25, 0.3) is 0 Å². The summed E-state index contributed by atoms with van der Waals surface area (Å²) in [4.78, 5) is 20.0. The highest BCUT2D eigenvalue weighted by atomic mass is 79.9. The standard InChI is InChI=1S/C16H17BrN2O2/c1-3-16(4-2,11-8-6-5-7-9-11)15-18-10-12(17)13(19-15)14(20)21/h5-10H,3-4H2,1-2H3,(H,20,21). The summed E-state index contributed by atoms with van der Waals surface area (Å²) in [6.07, 6.45) is 3.12. The zero-order valence-electron chi connectivity index (χ0n) is 12.0. The van der Waals surface area contributed by atoms with Gasteiger partial charge in [-0.3, -0.25) is 0 Å². The van der Waals surface area contributed by atoms with Crippen molar-refractivity contribution >= 4 is 21.9 Å². The van der Waals surface area contributed by atoms with Gasteiger partial charge in [-0.15, -0.1) is 0 Å². The Morgan fingerprint density at radius 1 is 1.24 bits per heavy atom. The molecule has 0 unspecified atom stereocenters. The Hall–Kier alpha value is -1.75. The van der Waals surface area contributed by atoms with E-state index in [1.54, 1.807) is 0 Å². The van der Waals surface area contributed by atoms with Crippen LogP contribution in [0.3, 0.4) is 0 Å². The van der Waals surface area contributed by atoms with Gasteiger partial charge in [0.2, 0.25) is 0 Å². The first kappa shape index (κ1) is 15.6. The number of benzene rings is 1. The van der Waals surface area contributed by atoms with Crippen LogP contribution in [0.5, 0.6) is 0 Å². The molecular weight excluding hydrogens is 332 g/mol. The van der Waals surface area contributed by atoms with Gasteiger partial charge in [-0.2, -0.15) is 0 Å². The lowest BCUT2D eigenvalue weighted by molar-refractivity contribution is 0.0688. The molecule has 1 heterocycles. The van der Waals surface area contributed by atoms with Crippen LogP contribution in [-0.4, -0.2) is 21.0 Å². The number of hydrogen-bond donors (Lipinski definition) is 1. The Balaban J connectivity index is 2.64. The Morgan fingerprint density at radius 3 is 2.38 bits per heavy atom. The first-order chi connectivity index (χ1) is 10.0.